The fraction of sp³-hybridized carbons (Fsp3) is 0.0667. The summed E-state index contributed by atoms with van der Waals surface area (Å²) >= 11 is 11.9. The van der Waals surface area contributed by atoms with E-state index in [-0.39, 0.29) is 12.5 Å². The Morgan fingerprint density at radius 1 is 1.14 bits per heavy atom. The molecular formula is C15H11Cl2N3O. The Morgan fingerprint density at radius 2 is 1.86 bits per heavy atom. The molecule has 106 valence electrons. The van der Waals surface area contributed by atoms with Gasteiger partial charge in [0, 0.05) is 10.7 Å². The number of hydrogen-bond acceptors (Lipinski definition) is 3. The van der Waals surface area contributed by atoms with Crippen LogP contribution in [0.5, 0.6) is 0 Å². The van der Waals surface area contributed by atoms with Crippen LogP contribution in [0.1, 0.15) is 5.56 Å². The van der Waals surface area contributed by atoms with E-state index in [4.69, 9.17) is 28.5 Å². The number of benzene rings is 2. The molecule has 0 spiro atoms. The van der Waals surface area contributed by atoms with E-state index in [1.54, 1.807) is 42.5 Å². The molecule has 0 aromatic heterocycles. The average molecular weight is 320 g/mol. The summed E-state index contributed by atoms with van der Waals surface area (Å²) in [6.07, 6.45) is 0. The minimum absolute atomic E-state index is 0.0556. The molecule has 0 aliphatic heterocycles. The molecule has 1 amide bonds. The number of nitrogens with one attached hydrogen (secondary N) is 2. The molecule has 0 unspecified atom stereocenters. The van der Waals surface area contributed by atoms with Crippen LogP contribution >= 0.6 is 23.2 Å². The topological polar surface area (TPSA) is 64.9 Å². The van der Waals surface area contributed by atoms with Crippen molar-refractivity contribution in [1.29, 1.82) is 5.26 Å². The first-order valence-electron chi connectivity index (χ1n) is 6.07. The molecule has 2 rings (SSSR count). The first kappa shape index (κ1) is 15.2. The minimum Gasteiger partial charge on any atom is -0.375 e. The monoisotopic (exact) mass is 319 g/mol. The summed E-state index contributed by atoms with van der Waals surface area (Å²) in [5.74, 6) is -0.226. The highest BCUT2D eigenvalue weighted by Gasteiger charge is 2.05. The van der Waals surface area contributed by atoms with Gasteiger partial charge >= 0.3 is 0 Å². The molecule has 0 radical (unpaired) electrons. The van der Waals surface area contributed by atoms with E-state index in [1.165, 1.54) is 0 Å². The third-order valence-electron chi connectivity index (χ3n) is 2.67. The molecule has 0 aliphatic rings. The number of hydrogen-bond donors (Lipinski definition) is 2. The first-order chi connectivity index (χ1) is 10.1. The molecule has 21 heavy (non-hydrogen) atoms. The first-order valence-corrected chi connectivity index (χ1v) is 6.83. The van der Waals surface area contributed by atoms with Crippen molar-refractivity contribution in [1.82, 2.24) is 0 Å². The van der Waals surface area contributed by atoms with Gasteiger partial charge in [-0.05, 0) is 42.5 Å². The van der Waals surface area contributed by atoms with Crippen molar-refractivity contribution in [3.05, 3.63) is 58.1 Å². The number of anilines is 2. The van der Waals surface area contributed by atoms with Crippen LogP contribution in [-0.4, -0.2) is 12.5 Å². The quantitative estimate of drug-likeness (QED) is 0.897. The number of nitriles is 1. The van der Waals surface area contributed by atoms with Gasteiger partial charge in [-0.1, -0.05) is 23.2 Å². The predicted octanol–water partition coefficient (Wildman–Crippen LogP) is 3.92. The molecule has 2 aromatic rings. The summed E-state index contributed by atoms with van der Waals surface area (Å²) in [6.45, 7) is 0.0556. The average Bonchev–Trinajstić information content (AvgIpc) is 2.49. The molecule has 6 heteroatoms. The van der Waals surface area contributed by atoms with E-state index >= 15 is 0 Å². The molecule has 2 aromatic carbocycles. The highest BCUT2D eigenvalue weighted by Crippen LogP contribution is 2.25. The van der Waals surface area contributed by atoms with E-state index in [9.17, 15) is 4.79 Å². The lowest BCUT2D eigenvalue weighted by Gasteiger charge is -2.09. The molecule has 0 fully saturated rings. The van der Waals surface area contributed by atoms with Crippen LogP contribution in [0.2, 0.25) is 10.0 Å². The zero-order valence-electron chi connectivity index (χ0n) is 10.9. The van der Waals surface area contributed by atoms with Crippen LogP contribution in [0.3, 0.4) is 0 Å². The maximum Gasteiger partial charge on any atom is 0.243 e. The van der Waals surface area contributed by atoms with Crippen molar-refractivity contribution in [3.8, 4) is 6.07 Å². The van der Waals surface area contributed by atoms with E-state index < -0.39 is 0 Å². The van der Waals surface area contributed by atoms with Crippen molar-refractivity contribution in [2.75, 3.05) is 17.2 Å². The molecule has 0 atom stereocenters. The molecule has 0 heterocycles. The number of amides is 1. The smallest absolute Gasteiger partial charge is 0.243 e. The lowest BCUT2D eigenvalue weighted by molar-refractivity contribution is -0.114. The third kappa shape index (κ3) is 4.38. The van der Waals surface area contributed by atoms with Crippen molar-refractivity contribution in [3.63, 3.8) is 0 Å². The zero-order valence-corrected chi connectivity index (χ0v) is 12.4. The normalized spacial score (nSPS) is 9.76. The molecule has 0 saturated heterocycles. The fourth-order valence-electron chi connectivity index (χ4n) is 1.64. The Bertz CT molecular complexity index is 693. The van der Waals surface area contributed by atoms with E-state index in [0.717, 1.165) is 0 Å². The van der Waals surface area contributed by atoms with Crippen LogP contribution < -0.4 is 10.6 Å². The lowest BCUT2D eigenvalue weighted by atomic mass is 10.2. The standard InChI is InChI=1S/C15H11Cl2N3O/c16-11-3-6-13(17)14(7-11)19-9-15(21)20-12-4-1-10(8-18)2-5-12/h1-7,19H,9H2,(H,20,21). The van der Waals surface area contributed by atoms with Crippen molar-refractivity contribution in [2.45, 2.75) is 0 Å². The van der Waals surface area contributed by atoms with Gasteiger partial charge in [0.15, 0.2) is 0 Å². The minimum atomic E-state index is -0.226. The molecular weight excluding hydrogens is 309 g/mol. The summed E-state index contributed by atoms with van der Waals surface area (Å²) < 4.78 is 0. The van der Waals surface area contributed by atoms with Crippen LogP contribution in [0, 0.1) is 11.3 Å². The number of carbonyl (C=O) groups is 1. The highest BCUT2D eigenvalue weighted by molar-refractivity contribution is 6.35. The maximum absolute atomic E-state index is 11.8. The van der Waals surface area contributed by atoms with Crippen molar-refractivity contribution < 1.29 is 4.79 Å². The molecule has 0 bridgehead atoms. The van der Waals surface area contributed by atoms with E-state index in [2.05, 4.69) is 10.6 Å². The van der Waals surface area contributed by atoms with Crippen molar-refractivity contribution >= 4 is 40.5 Å². The van der Waals surface area contributed by atoms with E-state index in [0.29, 0.717) is 27.0 Å². The number of nitrogens with zero attached hydrogens (tertiary/aromatic N) is 1. The van der Waals surface area contributed by atoms with Gasteiger partial charge in [0.05, 0.1) is 28.9 Å². The summed E-state index contributed by atoms with van der Waals surface area (Å²) in [5.41, 5.74) is 1.76. The Hall–Kier alpha value is -2.22. The highest BCUT2D eigenvalue weighted by atomic mass is 35.5. The summed E-state index contributed by atoms with van der Waals surface area (Å²) in [7, 11) is 0. The number of rotatable bonds is 4. The van der Waals surface area contributed by atoms with Crippen LogP contribution in [0.15, 0.2) is 42.5 Å². The van der Waals surface area contributed by atoms with E-state index in [1.807, 2.05) is 6.07 Å². The Balaban J connectivity index is 1.92. The van der Waals surface area contributed by atoms with Gasteiger partial charge in [-0.3, -0.25) is 4.79 Å². The molecule has 2 N–H and O–H groups in total. The fourth-order valence-corrected chi connectivity index (χ4v) is 2.00. The number of carbonyl (C=O) groups excluding carboxylic acids is 1. The van der Waals surface area contributed by atoms with Crippen molar-refractivity contribution in [2.24, 2.45) is 0 Å². The van der Waals surface area contributed by atoms with Gasteiger partial charge in [0.25, 0.3) is 0 Å². The van der Waals surface area contributed by atoms with Gasteiger partial charge in [-0.25, -0.2) is 0 Å². The van der Waals surface area contributed by atoms with Gasteiger partial charge in [-0.2, -0.15) is 5.26 Å². The van der Waals surface area contributed by atoms with Gasteiger partial charge in [-0.15, -0.1) is 0 Å². The van der Waals surface area contributed by atoms with Crippen LogP contribution in [0.25, 0.3) is 0 Å². The lowest BCUT2D eigenvalue weighted by Crippen LogP contribution is -2.21. The summed E-state index contributed by atoms with van der Waals surface area (Å²) in [6, 6.07) is 13.6. The second-order valence-electron chi connectivity index (χ2n) is 4.22. The molecule has 4 nitrogen and oxygen atoms in total. The Morgan fingerprint density at radius 3 is 2.52 bits per heavy atom. The summed E-state index contributed by atoms with van der Waals surface area (Å²) in [4.78, 5) is 11.8. The second kappa shape index (κ2) is 6.98. The van der Waals surface area contributed by atoms with Gasteiger partial charge < -0.3 is 10.6 Å². The van der Waals surface area contributed by atoms with Gasteiger partial charge in [0.2, 0.25) is 5.91 Å². The second-order valence-corrected chi connectivity index (χ2v) is 5.06. The molecule has 0 aliphatic carbocycles. The number of halogens is 2. The largest absolute Gasteiger partial charge is 0.375 e. The van der Waals surface area contributed by atoms with Crippen LogP contribution in [-0.2, 0) is 4.79 Å². The predicted molar refractivity (Wildman–Crippen MR) is 84.7 cm³/mol. The summed E-state index contributed by atoms with van der Waals surface area (Å²) in [5, 5.41) is 15.4. The third-order valence-corrected chi connectivity index (χ3v) is 3.23. The Labute approximate surface area is 132 Å². The maximum atomic E-state index is 11.8. The SMILES string of the molecule is N#Cc1ccc(NC(=O)CNc2cc(Cl)ccc2Cl)cc1. The van der Waals surface area contributed by atoms with Crippen LogP contribution in [0.4, 0.5) is 11.4 Å². The van der Waals surface area contributed by atoms with Gasteiger partial charge in [0.1, 0.15) is 0 Å². The molecule has 0 saturated carbocycles. The Kier molecular flexibility index (Phi) is 5.04. The zero-order chi connectivity index (χ0) is 15.2.